The molecule has 0 bridgehead atoms. The molecule has 1 heterocycles. The summed E-state index contributed by atoms with van der Waals surface area (Å²) in [6.45, 7) is 8.12. The third-order valence-corrected chi connectivity index (χ3v) is 6.16. The molecular weight excluding hydrogens is 448 g/mol. The number of nitrogens with zero attached hydrogens (tertiary/aromatic N) is 1. The molecule has 5 heteroatoms. The molecule has 3 rings (SSSR count). The minimum atomic E-state index is -0.437. The summed E-state index contributed by atoms with van der Waals surface area (Å²) in [6, 6.07) is 18.9. The number of amides is 2. The first-order valence-corrected chi connectivity index (χ1v) is 13.1. The number of unbranched alkanes of at least 4 members (excludes halogenated alkanes) is 1. The van der Waals surface area contributed by atoms with Crippen LogP contribution in [-0.4, -0.2) is 36.5 Å². The zero-order valence-electron chi connectivity index (χ0n) is 22.5. The van der Waals surface area contributed by atoms with Crippen LogP contribution in [0.5, 0.6) is 0 Å². The largest absolute Gasteiger partial charge is 0.372 e. The van der Waals surface area contributed by atoms with Crippen LogP contribution >= 0.6 is 0 Å². The van der Waals surface area contributed by atoms with Gasteiger partial charge in [0.2, 0.25) is 11.8 Å². The second-order valence-corrected chi connectivity index (χ2v) is 10.5. The van der Waals surface area contributed by atoms with E-state index in [9.17, 15) is 9.59 Å². The van der Waals surface area contributed by atoms with E-state index in [1.54, 1.807) is 0 Å². The van der Waals surface area contributed by atoms with Gasteiger partial charge in [0.05, 0.1) is 0 Å². The minimum absolute atomic E-state index is 0.227. The quantitative estimate of drug-likeness (QED) is 0.320. The number of ether oxygens (including phenoxy) is 1. The van der Waals surface area contributed by atoms with Crippen molar-refractivity contribution in [2.24, 2.45) is 11.1 Å². The molecule has 1 aliphatic rings. The monoisotopic (exact) mass is 492 g/mol. The predicted molar refractivity (Wildman–Crippen MR) is 148 cm³/mol. The van der Waals surface area contributed by atoms with Gasteiger partial charge >= 0.3 is 0 Å². The van der Waals surface area contributed by atoms with Gasteiger partial charge in [0, 0.05) is 26.6 Å². The molecule has 1 aliphatic heterocycles. The summed E-state index contributed by atoms with van der Waals surface area (Å²) in [5.41, 5.74) is 9.04. The average Bonchev–Trinajstić information content (AvgIpc) is 3.06. The molecule has 2 N–H and O–H groups in total. The second-order valence-electron chi connectivity index (χ2n) is 10.5. The molecule has 2 amide bonds. The molecule has 1 unspecified atom stereocenters. The number of rotatable bonds is 9. The zero-order valence-corrected chi connectivity index (χ0v) is 22.5. The number of likely N-dealkylation sites (tertiary alicyclic amines) is 1. The van der Waals surface area contributed by atoms with Gasteiger partial charge in [-0.3, -0.25) is 9.59 Å². The summed E-state index contributed by atoms with van der Waals surface area (Å²) in [6.07, 6.45) is 10.5. The lowest BCUT2D eigenvalue weighted by atomic mass is 9.95. The highest BCUT2D eigenvalue weighted by molar-refractivity contribution is 5.78. The topological polar surface area (TPSA) is 72.6 Å². The van der Waals surface area contributed by atoms with Crippen LogP contribution in [0.3, 0.4) is 0 Å². The minimum Gasteiger partial charge on any atom is -0.372 e. The Kier molecular flexibility index (Phi) is 12.4. The molecule has 0 aliphatic carbocycles. The second kappa shape index (κ2) is 15.2. The first-order chi connectivity index (χ1) is 17.2. The van der Waals surface area contributed by atoms with Crippen LogP contribution in [0.4, 0.5) is 0 Å². The number of nitrogens with two attached hydrogens (primary N) is 1. The van der Waals surface area contributed by atoms with Gasteiger partial charge in [0.15, 0.2) is 0 Å². The van der Waals surface area contributed by atoms with Crippen LogP contribution < -0.4 is 5.73 Å². The molecule has 0 spiro atoms. The fraction of sp³-hybridized carbons (Fsp3) is 0.484. The molecule has 1 saturated heterocycles. The van der Waals surface area contributed by atoms with Crippen molar-refractivity contribution in [3.63, 3.8) is 0 Å². The highest BCUT2D eigenvalue weighted by Gasteiger charge is 2.16. The first kappa shape index (κ1) is 29.3. The highest BCUT2D eigenvalue weighted by atomic mass is 16.5. The normalized spacial score (nSPS) is 15.2. The summed E-state index contributed by atoms with van der Waals surface area (Å²) >= 11 is 0. The Balaban J connectivity index is 0.000000271. The number of benzene rings is 2. The maximum absolute atomic E-state index is 12.0. The number of hydrogen-bond acceptors (Lipinski definition) is 3. The van der Waals surface area contributed by atoms with Crippen molar-refractivity contribution in [1.82, 2.24) is 4.90 Å². The zero-order chi connectivity index (χ0) is 26.4. The maximum atomic E-state index is 12.0. The Morgan fingerprint density at radius 2 is 1.69 bits per heavy atom. The van der Waals surface area contributed by atoms with Crippen LogP contribution in [0.15, 0.2) is 66.7 Å². The van der Waals surface area contributed by atoms with Gasteiger partial charge in [-0.05, 0) is 54.2 Å². The highest BCUT2D eigenvalue weighted by Crippen LogP contribution is 2.21. The van der Waals surface area contributed by atoms with Crippen LogP contribution in [0, 0.1) is 5.41 Å². The third-order valence-electron chi connectivity index (χ3n) is 6.16. The molecule has 1 atom stereocenters. The standard InChI is InChI=1S/C19H21NO.C12H23NO2/c21-19-9-5-2-6-14-20(19)15-16-10-12-18(13-11-16)17-7-3-1-4-8-17;1-12(2,3)9-7-5-6-8-10(15-4)11(13)14/h1,3-4,7-8,10-13H,2,5-6,9,14-15H2;7,9-10H,5-6,8H2,1-4H3,(H2,13,14)/b;9-7+. The summed E-state index contributed by atoms with van der Waals surface area (Å²) in [7, 11) is 1.51. The van der Waals surface area contributed by atoms with Gasteiger partial charge in [-0.2, -0.15) is 0 Å². The van der Waals surface area contributed by atoms with Crippen LogP contribution in [0.2, 0.25) is 0 Å². The first-order valence-electron chi connectivity index (χ1n) is 13.1. The van der Waals surface area contributed by atoms with Crippen molar-refractivity contribution in [3.8, 4) is 11.1 Å². The van der Waals surface area contributed by atoms with Crippen LogP contribution in [0.1, 0.15) is 71.3 Å². The van der Waals surface area contributed by atoms with E-state index in [0.717, 1.165) is 38.8 Å². The Hall–Kier alpha value is -2.92. The molecule has 2 aromatic carbocycles. The molecule has 196 valence electrons. The fourth-order valence-corrected chi connectivity index (χ4v) is 4.09. The van der Waals surface area contributed by atoms with E-state index in [4.69, 9.17) is 10.5 Å². The lowest BCUT2D eigenvalue weighted by Crippen LogP contribution is -2.29. The average molecular weight is 493 g/mol. The number of carbonyl (C=O) groups excluding carboxylic acids is 2. The summed E-state index contributed by atoms with van der Waals surface area (Å²) in [5, 5.41) is 0. The Morgan fingerprint density at radius 1 is 1.03 bits per heavy atom. The lowest BCUT2D eigenvalue weighted by Gasteiger charge is -2.20. The van der Waals surface area contributed by atoms with Crippen molar-refractivity contribution >= 4 is 11.8 Å². The van der Waals surface area contributed by atoms with Gasteiger partial charge in [0.1, 0.15) is 6.10 Å². The SMILES string of the molecule is COC(CCC/C=C/C(C)(C)C)C(N)=O.O=C1CCCCCN1Cc1ccc(-c2ccccc2)cc1. The van der Waals surface area contributed by atoms with E-state index in [1.807, 2.05) is 11.0 Å². The van der Waals surface area contributed by atoms with Crippen LogP contribution in [0.25, 0.3) is 11.1 Å². The number of hydrogen-bond donors (Lipinski definition) is 1. The predicted octanol–water partition coefficient (Wildman–Crippen LogP) is 6.52. The van der Waals surface area contributed by atoms with Crippen molar-refractivity contribution in [2.45, 2.75) is 78.4 Å². The smallest absolute Gasteiger partial charge is 0.246 e. The molecule has 36 heavy (non-hydrogen) atoms. The Morgan fingerprint density at radius 3 is 2.31 bits per heavy atom. The van der Waals surface area contributed by atoms with Gasteiger partial charge in [-0.15, -0.1) is 0 Å². The summed E-state index contributed by atoms with van der Waals surface area (Å²) < 4.78 is 4.96. The van der Waals surface area contributed by atoms with E-state index < -0.39 is 6.10 Å². The molecule has 0 aromatic heterocycles. The molecular formula is C31H44N2O3. The van der Waals surface area contributed by atoms with Gasteiger partial charge < -0.3 is 15.4 Å². The van der Waals surface area contributed by atoms with E-state index >= 15 is 0 Å². The molecule has 0 radical (unpaired) electrons. The van der Waals surface area contributed by atoms with Crippen molar-refractivity contribution in [3.05, 3.63) is 72.3 Å². The number of primary amides is 1. The number of carbonyl (C=O) groups is 2. The van der Waals surface area contributed by atoms with E-state index in [0.29, 0.717) is 18.7 Å². The number of allylic oxidation sites excluding steroid dienone is 2. The summed E-state index contributed by atoms with van der Waals surface area (Å²) in [5.74, 6) is -0.0723. The summed E-state index contributed by atoms with van der Waals surface area (Å²) in [4.78, 5) is 24.9. The molecule has 1 fully saturated rings. The molecule has 2 aromatic rings. The number of methoxy groups -OCH3 is 1. The van der Waals surface area contributed by atoms with Gasteiger partial charge in [-0.1, -0.05) is 93.9 Å². The molecule has 5 nitrogen and oxygen atoms in total. The van der Waals surface area contributed by atoms with E-state index in [-0.39, 0.29) is 11.3 Å². The van der Waals surface area contributed by atoms with Gasteiger partial charge in [0.25, 0.3) is 0 Å². The lowest BCUT2D eigenvalue weighted by molar-refractivity contribution is -0.131. The van der Waals surface area contributed by atoms with Crippen molar-refractivity contribution in [2.75, 3.05) is 13.7 Å². The fourth-order valence-electron chi connectivity index (χ4n) is 4.09. The Labute approximate surface area is 217 Å². The Bertz CT molecular complexity index is 946. The van der Waals surface area contributed by atoms with Gasteiger partial charge in [-0.25, -0.2) is 0 Å². The third kappa shape index (κ3) is 11.2. The van der Waals surface area contributed by atoms with Crippen LogP contribution in [-0.2, 0) is 20.9 Å². The maximum Gasteiger partial charge on any atom is 0.246 e. The van der Waals surface area contributed by atoms with Crippen molar-refractivity contribution < 1.29 is 14.3 Å². The van der Waals surface area contributed by atoms with E-state index in [2.05, 4.69) is 81.5 Å². The van der Waals surface area contributed by atoms with E-state index in [1.165, 1.54) is 30.2 Å². The van der Waals surface area contributed by atoms with Crippen molar-refractivity contribution in [1.29, 1.82) is 0 Å². The molecule has 0 saturated carbocycles.